The first-order valence-corrected chi connectivity index (χ1v) is 27.1. The van der Waals surface area contributed by atoms with Gasteiger partial charge in [0.2, 0.25) is 13.4 Å². The average molecular weight is 973 g/mol. The van der Waals surface area contributed by atoms with Crippen LogP contribution in [0.3, 0.4) is 0 Å². The van der Waals surface area contributed by atoms with Crippen molar-refractivity contribution in [2.45, 2.75) is 55.4 Å². The predicted octanol–water partition coefficient (Wildman–Crippen LogP) is 15.0. The maximum Gasteiger partial charge on any atom is 0.244 e. The number of rotatable bonds is 8. The quantitative estimate of drug-likeness (QED) is 0.111. The third-order valence-electron chi connectivity index (χ3n) is 16.9. The number of aryl methyl sites for hydroxylation is 8. The van der Waals surface area contributed by atoms with Gasteiger partial charge in [-0.15, -0.1) is 0 Å². The summed E-state index contributed by atoms with van der Waals surface area (Å²) < 4.78 is 0. The van der Waals surface area contributed by atoms with Crippen LogP contribution in [0.15, 0.2) is 206 Å². The van der Waals surface area contributed by atoms with E-state index in [-0.39, 0.29) is 13.4 Å². The second-order valence-electron chi connectivity index (χ2n) is 22.1. The largest absolute Gasteiger partial charge is 0.310 e. The van der Waals surface area contributed by atoms with Crippen molar-refractivity contribution >= 4 is 113 Å². The van der Waals surface area contributed by atoms with Gasteiger partial charge in [0.15, 0.2) is 0 Å². The Balaban J connectivity index is 1.19. The van der Waals surface area contributed by atoms with Gasteiger partial charge in [-0.1, -0.05) is 223 Å². The van der Waals surface area contributed by atoms with Crippen LogP contribution >= 0.6 is 0 Å². The Bertz CT molecular complexity index is 3840. The number of hydrogen-bond donors (Lipinski definition) is 0. The van der Waals surface area contributed by atoms with Crippen molar-refractivity contribution in [3.8, 4) is 22.3 Å². The zero-order valence-electron chi connectivity index (χ0n) is 44.7. The minimum Gasteiger partial charge on any atom is -0.310 e. The molecule has 0 aliphatic carbocycles. The van der Waals surface area contributed by atoms with Crippen LogP contribution in [0.4, 0.5) is 34.1 Å². The number of nitrogens with zero attached hydrogens (tertiary/aromatic N) is 2. The normalized spacial score (nSPS) is 12.4. The molecule has 4 heteroatoms. The van der Waals surface area contributed by atoms with Gasteiger partial charge in [0, 0.05) is 33.5 Å². The molecule has 0 aromatic heterocycles. The van der Waals surface area contributed by atoms with Crippen LogP contribution in [0, 0.1) is 55.4 Å². The van der Waals surface area contributed by atoms with Gasteiger partial charge in [0.25, 0.3) is 0 Å². The highest BCUT2D eigenvalue weighted by molar-refractivity contribution is 7.02. The predicted molar refractivity (Wildman–Crippen MR) is 330 cm³/mol. The summed E-state index contributed by atoms with van der Waals surface area (Å²) in [5, 5.41) is 7.64. The van der Waals surface area contributed by atoms with Gasteiger partial charge in [-0.25, -0.2) is 0 Å². The summed E-state index contributed by atoms with van der Waals surface area (Å²) in [5.74, 6) is 0. The third-order valence-corrected chi connectivity index (χ3v) is 16.9. The summed E-state index contributed by atoms with van der Waals surface area (Å²) in [6.07, 6.45) is 0. The van der Waals surface area contributed by atoms with E-state index in [1.807, 2.05) is 0 Å². The molecule has 0 bridgehead atoms. The summed E-state index contributed by atoms with van der Waals surface area (Å²) in [5.41, 5.74) is 31.1. The molecular formula is C72H58B2N2. The van der Waals surface area contributed by atoms with Crippen LogP contribution in [0.25, 0.3) is 54.6 Å². The molecule has 0 saturated heterocycles. The zero-order valence-corrected chi connectivity index (χ0v) is 44.7. The monoisotopic (exact) mass is 972 g/mol. The molecule has 362 valence electrons. The topological polar surface area (TPSA) is 6.48 Å². The average Bonchev–Trinajstić information content (AvgIpc) is 4.10. The molecule has 2 aliphatic rings. The van der Waals surface area contributed by atoms with Crippen molar-refractivity contribution in [3.05, 3.63) is 251 Å². The smallest absolute Gasteiger partial charge is 0.244 e. The van der Waals surface area contributed by atoms with Crippen molar-refractivity contribution in [2.24, 2.45) is 0 Å². The van der Waals surface area contributed by atoms with E-state index in [2.05, 4.69) is 271 Å². The molecule has 0 N–H and O–H groups in total. The van der Waals surface area contributed by atoms with Crippen LogP contribution in [-0.2, 0) is 0 Å². The number of anilines is 6. The Hall–Kier alpha value is -8.59. The highest BCUT2D eigenvalue weighted by Gasteiger charge is 2.41. The van der Waals surface area contributed by atoms with Crippen LogP contribution in [-0.4, -0.2) is 13.4 Å². The highest BCUT2D eigenvalue weighted by Crippen LogP contribution is 2.48. The fourth-order valence-corrected chi connectivity index (χ4v) is 14.3. The van der Waals surface area contributed by atoms with E-state index in [0.717, 1.165) is 22.7 Å². The van der Waals surface area contributed by atoms with Gasteiger partial charge in [-0.05, 0) is 160 Å². The van der Waals surface area contributed by atoms with Gasteiger partial charge in [-0.3, -0.25) is 0 Å². The van der Waals surface area contributed by atoms with Gasteiger partial charge in [-0.2, -0.15) is 0 Å². The van der Waals surface area contributed by atoms with Crippen molar-refractivity contribution in [3.63, 3.8) is 0 Å². The molecule has 0 saturated carbocycles. The molecule has 0 radical (unpaired) electrons. The second kappa shape index (κ2) is 17.5. The number of para-hydroxylation sites is 4. The van der Waals surface area contributed by atoms with E-state index in [0.29, 0.717) is 0 Å². The zero-order chi connectivity index (χ0) is 51.7. The van der Waals surface area contributed by atoms with Crippen molar-refractivity contribution in [2.75, 3.05) is 9.80 Å². The maximum atomic E-state index is 2.58. The molecule has 0 spiro atoms. The van der Waals surface area contributed by atoms with Gasteiger partial charge < -0.3 is 9.80 Å². The molecule has 0 amide bonds. The Morgan fingerprint density at radius 3 is 0.776 bits per heavy atom. The van der Waals surface area contributed by atoms with E-state index in [4.69, 9.17) is 0 Å². The van der Waals surface area contributed by atoms with Crippen molar-refractivity contribution < 1.29 is 0 Å². The van der Waals surface area contributed by atoms with E-state index in [1.165, 1.54) is 143 Å². The Morgan fingerprint density at radius 2 is 0.513 bits per heavy atom. The minimum atomic E-state index is -0.00245. The second-order valence-corrected chi connectivity index (χ2v) is 22.1. The van der Waals surface area contributed by atoms with E-state index in [1.54, 1.807) is 0 Å². The van der Waals surface area contributed by atoms with Crippen LogP contribution in [0.2, 0.25) is 0 Å². The highest BCUT2D eigenvalue weighted by atomic mass is 15.1. The van der Waals surface area contributed by atoms with Crippen LogP contribution in [0.5, 0.6) is 0 Å². The molecule has 0 unspecified atom stereocenters. The molecule has 2 nitrogen and oxygen atoms in total. The molecule has 0 atom stereocenters. The van der Waals surface area contributed by atoms with Gasteiger partial charge in [0.05, 0.1) is 11.4 Å². The molecule has 2 heterocycles. The first-order chi connectivity index (χ1) is 37.0. The van der Waals surface area contributed by atoms with E-state index >= 15 is 0 Å². The Kier molecular flexibility index (Phi) is 10.6. The van der Waals surface area contributed by atoms with E-state index < -0.39 is 0 Å². The standard InChI is InChI=1S/C72H58B2N2/c1-43-33-47(5)69-59(37-43)60-38-44(2)34-48(6)70(60)73(69)63-41-65(75(51-21-13-9-14-22-51)52-23-15-10-16-24-52)57-32-30-56-64(74-71-49(7)35-45(3)39-61(71)62-40-46(4)36-50(8)72(62)74)42-66(58-31-29-55(63)67(57)68(56)58)76(53-25-17-11-18-26-53)54-27-19-12-20-28-54/h9-42H,1-8H3. The van der Waals surface area contributed by atoms with Crippen molar-refractivity contribution in [1.29, 1.82) is 0 Å². The number of hydrogen-bond acceptors (Lipinski definition) is 2. The van der Waals surface area contributed by atoms with Crippen molar-refractivity contribution in [1.82, 2.24) is 0 Å². The van der Waals surface area contributed by atoms with Crippen LogP contribution < -0.4 is 42.6 Å². The van der Waals surface area contributed by atoms with Crippen LogP contribution in [0.1, 0.15) is 44.5 Å². The molecule has 2 aliphatic heterocycles. The third kappa shape index (κ3) is 6.96. The number of fused-ring (bicyclic) bond motifs is 6. The molecule has 0 fully saturated rings. The van der Waals surface area contributed by atoms with Gasteiger partial charge >= 0.3 is 0 Å². The Labute approximate surface area is 448 Å². The molecule has 14 rings (SSSR count). The minimum absolute atomic E-state index is 0.00245. The molecule has 12 aromatic rings. The molecular weight excluding hydrogens is 914 g/mol. The number of benzene rings is 12. The first kappa shape index (κ1) is 46.0. The lowest BCUT2D eigenvalue weighted by molar-refractivity contribution is 1.30. The van der Waals surface area contributed by atoms with E-state index in [9.17, 15) is 0 Å². The summed E-state index contributed by atoms with van der Waals surface area (Å²) in [6.45, 7) is 18.4. The lowest BCUT2D eigenvalue weighted by atomic mass is 9.36. The summed E-state index contributed by atoms with van der Waals surface area (Å²) in [4.78, 5) is 5.03. The summed E-state index contributed by atoms with van der Waals surface area (Å²) in [6, 6.07) is 78.5. The molecule has 76 heavy (non-hydrogen) atoms. The Morgan fingerprint density at radius 1 is 0.263 bits per heavy atom. The first-order valence-electron chi connectivity index (χ1n) is 27.1. The molecule has 12 aromatic carbocycles. The maximum absolute atomic E-state index is 2.58. The summed E-state index contributed by atoms with van der Waals surface area (Å²) >= 11 is 0. The lowest BCUT2D eigenvalue weighted by Crippen LogP contribution is -2.51. The fraction of sp³-hybridized carbons (Fsp3) is 0.111. The van der Waals surface area contributed by atoms with Gasteiger partial charge in [0.1, 0.15) is 0 Å². The SMILES string of the molecule is Cc1cc(C)c2c(c1)-c1cc(C)cc(C)c1B2c1cc(N(c2ccccc2)c2ccccc2)c2ccc3c(B4c5c(C)cc(C)cc5-c5cc(C)cc(C)c54)cc(N(c4ccccc4)c4ccccc4)c4ccc1c2c34. The summed E-state index contributed by atoms with van der Waals surface area (Å²) in [7, 11) is 0. The lowest BCUT2D eigenvalue weighted by Gasteiger charge is -2.32. The fourth-order valence-electron chi connectivity index (χ4n) is 14.3.